The Morgan fingerprint density at radius 1 is 1.19 bits per heavy atom. The summed E-state index contributed by atoms with van der Waals surface area (Å²) in [5.74, 6) is 1.06. The Morgan fingerprint density at radius 3 is 2.81 bits per heavy atom. The Kier molecular flexibility index (Phi) is 7.10. The fourth-order valence-corrected chi connectivity index (χ4v) is 6.21. The van der Waals surface area contributed by atoms with E-state index in [2.05, 4.69) is 54.3 Å². The summed E-state index contributed by atoms with van der Waals surface area (Å²) in [5.41, 5.74) is 5.26. The van der Waals surface area contributed by atoms with Gasteiger partial charge in [0, 0.05) is 36.8 Å². The summed E-state index contributed by atoms with van der Waals surface area (Å²) < 4.78 is 9.29. The van der Waals surface area contributed by atoms with Gasteiger partial charge in [-0.15, -0.1) is 0 Å². The van der Waals surface area contributed by atoms with Crippen LogP contribution in [-0.2, 0) is 23.3 Å². The minimum absolute atomic E-state index is 0.0220. The number of anilines is 3. The molecule has 0 radical (unpaired) electrons. The van der Waals surface area contributed by atoms with Gasteiger partial charge in [-0.1, -0.05) is 39.0 Å². The second-order valence-corrected chi connectivity index (χ2v) is 11.7. The van der Waals surface area contributed by atoms with Crippen LogP contribution in [0, 0.1) is 0 Å². The van der Waals surface area contributed by atoms with Crippen molar-refractivity contribution in [2.24, 2.45) is 0 Å². The molecule has 0 bridgehead atoms. The molecule has 0 saturated heterocycles. The van der Waals surface area contributed by atoms with E-state index in [1.807, 2.05) is 44.2 Å². The minimum atomic E-state index is -0.191. The maximum absolute atomic E-state index is 13.6. The second-order valence-electron chi connectivity index (χ2n) is 11.7. The third-order valence-corrected chi connectivity index (χ3v) is 8.04. The molecule has 0 aliphatic carbocycles. The van der Waals surface area contributed by atoms with E-state index in [4.69, 9.17) is 9.72 Å². The number of carbonyl (C=O) groups is 1. The SMILES string of the molecule is C/C=C\Cn1c(=O)c2cnc(Nc3ccc4c(c3)CN(C)CC4(C)C)nc2n1-c1ccc2c(c1)N(C(=O)CC)CCO2. The molecule has 2 aromatic carbocycles. The van der Waals surface area contributed by atoms with E-state index in [0.717, 1.165) is 18.8 Å². The lowest BCUT2D eigenvalue weighted by molar-refractivity contribution is -0.118. The number of nitrogens with zero attached hydrogens (tertiary/aromatic N) is 6. The molecule has 0 saturated carbocycles. The van der Waals surface area contributed by atoms with E-state index in [0.29, 0.717) is 60.2 Å². The summed E-state index contributed by atoms with van der Waals surface area (Å²) in [6.07, 6.45) is 5.80. The summed E-state index contributed by atoms with van der Waals surface area (Å²) >= 11 is 0. The van der Waals surface area contributed by atoms with E-state index < -0.39 is 0 Å². The van der Waals surface area contributed by atoms with Crippen LogP contribution in [0.25, 0.3) is 16.7 Å². The predicted octanol–water partition coefficient (Wildman–Crippen LogP) is 4.76. The van der Waals surface area contributed by atoms with E-state index in [-0.39, 0.29) is 16.9 Å². The zero-order valence-electron chi connectivity index (χ0n) is 24.8. The summed E-state index contributed by atoms with van der Waals surface area (Å²) in [6, 6.07) is 12.0. The van der Waals surface area contributed by atoms with Crippen molar-refractivity contribution in [3.8, 4) is 11.4 Å². The molecular formula is C32H37N7O3. The van der Waals surface area contributed by atoms with Gasteiger partial charge >= 0.3 is 0 Å². The van der Waals surface area contributed by atoms with Gasteiger partial charge in [-0.05, 0) is 55.4 Å². The average Bonchev–Trinajstić information content (AvgIpc) is 3.24. The molecule has 42 heavy (non-hydrogen) atoms. The second kappa shape index (κ2) is 10.8. The first-order valence-corrected chi connectivity index (χ1v) is 14.5. The molecule has 0 fully saturated rings. The van der Waals surface area contributed by atoms with Crippen LogP contribution >= 0.6 is 0 Å². The Balaban J connectivity index is 1.45. The summed E-state index contributed by atoms with van der Waals surface area (Å²) in [7, 11) is 2.14. The number of nitrogens with one attached hydrogen (secondary N) is 1. The Morgan fingerprint density at radius 2 is 2.02 bits per heavy atom. The molecule has 0 spiro atoms. The molecule has 2 aliphatic rings. The van der Waals surface area contributed by atoms with Gasteiger partial charge in [-0.2, -0.15) is 4.98 Å². The average molecular weight is 568 g/mol. The van der Waals surface area contributed by atoms with Crippen LogP contribution in [0.1, 0.15) is 45.2 Å². The number of hydrogen-bond donors (Lipinski definition) is 1. The molecule has 2 aromatic heterocycles. The minimum Gasteiger partial charge on any atom is -0.490 e. The number of aromatic nitrogens is 4. The van der Waals surface area contributed by atoms with Crippen molar-refractivity contribution in [1.82, 2.24) is 24.2 Å². The van der Waals surface area contributed by atoms with Crippen LogP contribution in [0.5, 0.6) is 5.75 Å². The van der Waals surface area contributed by atoms with Gasteiger partial charge < -0.3 is 19.9 Å². The predicted molar refractivity (Wildman–Crippen MR) is 165 cm³/mol. The first-order chi connectivity index (χ1) is 20.2. The lowest BCUT2D eigenvalue weighted by atomic mass is 9.78. The lowest BCUT2D eigenvalue weighted by Crippen LogP contribution is -2.39. The van der Waals surface area contributed by atoms with E-state index in [9.17, 15) is 9.59 Å². The molecule has 0 unspecified atom stereocenters. The molecule has 0 atom stereocenters. The maximum Gasteiger partial charge on any atom is 0.278 e. The number of rotatable bonds is 6. The molecule has 218 valence electrons. The fourth-order valence-electron chi connectivity index (χ4n) is 6.21. The zero-order chi connectivity index (χ0) is 29.6. The molecule has 4 heterocycles. The number of likely N-dealkylation sites (N-methyl/N-ethyl adjacent to an activating group) is 1. The van der Waals surface area contributed by atoms with Crippen molar-refractivity contribution >= 4 is 34.3 Å². The van der Waals surface area contributed by atoms with Crippen LogP contribution in [0.4, 0.5) is 17.3 Å². The molecule has 2 aliphatic heterocycles. The van der Waals surface area contributed by atoms with E-state index in [1.165, 1.54) is 11.1 Å². The Hall–Kier alpha value is -4.44. The van der Waals surface area contributed by atoms with Gasteiger partial charge in [-0.3, -0.25) is 9.59 Å². The first kappa shape index (κ1) is 27.7. The molecule has 10 heteroatoms. The smallest absolute Gasteiger partial charge is 0.278 e. The number of ether oxygens (including phenoxy) is 1. The van der Waals surface area contributed by atoms with Gasteiger partial charge in [0.25, 0.3) is 5.56 Å². The normalized spacial score (nSPS) is 16.4. The van der Waals surface area contributed by atoms with Gasteiger partial charge in [0.05, 0.1) is 24.5 Å². The summed E-state index contributed by atoms with van der Waals surface area (Å²) in [6.45, 7) is 11.5. The molecule has 1 amide bonds. The van der Waals surface area contributed by atoms with Crippen LogP contribution in [0.3, 0.4) is 0 Å². The number of allylic oxidation sites excluding steroid dienone is 2. The maximum atomic E-state index is 13.6. The highest BCUT2D eigenvalue weighted by atomic mass is 16.5. The highest BCUT2D eigenvalue weighted by Gasteiger charge is 2.30. The Labute approximate surface area is 245 Å². The van der Waals surface area contributed by atoms with E-state index in [1.54, 1.807) is 20.5 Å². The van der Waals surface area contributed by atoms with E-state index >= 15 is 0 Å². The monoisotopic (exact) mass is 567 g/mol. The van der Waals surface area contributed by atoms with Crippen LogP contribution in [-0.4, -0.2) is 56.9 Å². The number of fused-ring (bicyclic) bond motifs is 3. The topological polar surface area (TPSA) is 97.5 Å². The van der Waals surface area contributed by atoms with Crippen LogP contribution < -0.4 is 20.5 Å². The van der Waals surface area contributed by atoms with Crippen molar-refractivity contribution in [3.63, 3.8) is 0 Å². The van der Waals surface area contributed by atoms with Gasteiger partial charge in [0.2, 0.25) is 11.9 Å². The highest BCUT2D eigenvalue weighted by Crippen LogP contribution is 2.36. The van der Waals surface area contributed by atoms with Crippen molar-refractivity contribution < 1.29 is 9.53 Å². The quantitative estimate of drug-likeness (QED) is 0.336. The molecule has 1 N–H and O–H groups in total. The largest absolute Gasteiger partial charge is 0.490 e. The number of hydrogen-bond acceptors (Lipinski definition) is 7. The van der Waals surface area contributed by atoms with Crippen LogP contribution in [0.2, 0.25) is 0 Å². The van der Waals surface area contributed by atoms with Crippen molar-refractivity contribution in [2.75, 3.05) is 37.0 Å². The zero-order valence-corrected chi connectivity index (χ0v) is 24.8. The molecular weight excluding hydrogens is 530 g/mol. The summed E-state index contributed by atoms with van der Waals surface area (Å²) in [4.78, 5) is 39.7. The van der Waals surface area contributed by atoms with Crippen LogP contribution in [0.15, 0.2) is 59.5 Å². The molecule has 6 rings (SSSR count). The fraction of sp³-hybridized carbons (Fsp3) is 0.375. The number of carbonyl (C=O) groups excluding carboxylic acids is 1. The number of amides is 1. The number of benzene rings is 2. The summed E-state index contributed by atoms with van der Waals surface area (Å²) in [5, 5.41) is 3.78. The van der Waals surface area contributed by atoms with Gasteiger partial charge in [0.1, 0.15) is 17.7 Å². The van der Waals surface area contributed by atoms with Crippen molar-refractivity contribution in [1.29, 1.82) is 0 Å². The Bertz CT molecular complexity index is 1770. The molecule has 10 nitrogen and oxygen atoms in total. The van der Waals surface area contributed by atoms with Crippen molar-refractivity contribution in [3.05, 3.63) is 76.2 Å². The standard InChI is InChI=1S/C32H37N7O3/c1-6-8-13-38-30(41)24-18-33-31(34-22-9-11-25-21(16-22)19-36(5)20-32(25,3)4)35-29(24)39(38)23-10-12-27-26(17-23)37(14-15-42-27)28(40)7-2/h6,8-12,16-18H,7,13-15,19-20H2,1-5H3,(H,33,34,35)/b8-6-. The molecule has 4 aromatic rings. The lowest BCUT2D eigenvalue weighted by Gasteiger charge is -2.38. The van der Waals surface area contributed by atoms with Crippen molar-refractivity contribution in [2.45, 2.75) is 52.6 Å². The highest BCUT2D eigenvalue weighted by molar-refractivity contribution is 5.95. The first-order valence-electron chi connectivity index (χ1n) is 14.5. The third-order valence-electron chi connectivity index (χ3n) is 8.04. The van der Waals surface area contributed by atoms with Gasteiger partial charge in [0.15, 0.2) is 5.65 Å². The third kappa shape index (κ3) is 4.85. The van der Waals surface area contributed by atoms with Gasteiger partial charge in [-0.25, -0.2) is 14.3 Å².